The van der Waals surface area contributed by atoms with Crippen LogP contribution in [0.1, 0.15) is 45.4 Å². The van der Waals surface area contributed by atoms with E-state index in [9.17, 15) is 61.9 Å². The second kappa shape index (κ2) is 7.53. The monoisotopic (exact) mass is 525 g/mol. The quantitative estimate of drug-likeness (QED) is 0.381. The average Bonchev–Trinajstić information content (AvgIpc) is 2.65. The van der Waals surface area contributed by atoms with E-state index in [1.807, 2.05) is 0 Å². The Balaban J connectivity index is 1.85. The fourth-order valence-electron chi connectivity index (χ4n) is 6.06. The van der Waals surface area contributed by atoms with Crippen LogP contribution in [0.5, 0.6) is 0 Å². The number of hydrogen-bond donors (Lipinski definition) is 1. The molecule has 1 atom stereocenters. The number of nitrogens with one attached hydrogen (secondary N) is 1. The third-order valence-electron chi connectivity index (χ3n) is 7.57. The van der Waals surface area contributed by atoms with E-state index in [0.29, 0.717) is 19.3 Å². The molecule has 4 fully saturated rings. The van der Waals surface area contributed by atoms with Gasteiger partial charge in [-0.05, 0) is 68.6 Å². The van der Waals surface area contributed by atoms with Crippen molar-refractivity contribution in [3.63, 3.8) is 0 Å². The Morgan fingerprint density at radius 3 is 1.38 bits per heavy atom. The predicted molar refractivity (Wildman–Crippen MR) is 89.0 cm³/mol. The molecule has 0 aromatic carbocycles. The van der Waals surface area contributed by atoms with Gasteiger partial charge in [0.1, 0.15) is 0 Å². The van der Waals surface area contributed by atoms with Gasteiger partial charge in [0.05, 0.1) is 0 Å². The number of hydrogen-bond acceptors (Lipinski definition) is 1. The SMILES string of the molecule is CC(NC(=O)C(F)(F)C(F)(F)C(F)(F)C(F)(F)C(F)(F)C(F)(F)F)C12CC3CC(CC(C3)C1)C2. The first-order valence-corrected chi connectivity index (χ1v) is 10.3. The van der Waals surface area contributed by atoms with Crippen LogP contribution in [0.15, 0.2) is 0 Å². The van der Waals surface area contributed by atoms with Gasteiger partial charge in [0.15, 0.2) is 0 Å². The van der Waals surface area contributed by atoms with Gasteiger partial charge in [0.25, 0.3) is 5.91 Å². The fraction of sp³-hybridized carbons (Fsp3) is 0.947. The molecular formula is C19H20F13NO. The van der Waals surface area contributed by atoms with Gasteiger partial charge < -0.3 is 5.32 Å². The Morgan fingerprint density at radius 1 is 0.676 bits per heavy atom. The van der Waals surface area contributed by atoms with E-state index >= 15 is 0 Å². The number of halogens is 13. The van der Waals surface area contributed by atoms with Crippen molar-refractivity contribution in [3.05, 3.63) is 0 Å². The van der Waals surface area contributed by atoms with Crippen molar-refractivity contribution in [3.8, 4) is 0 Å². The molecule has 0 spiro atoms. The summed E-state index contributed by atoms with van der Waals surface area (Å²) < 4.78 is 173. The summed E-state index contributed by atoms with van der Waals surface area (Å²) in [5.74, 6) is -40.8. The van der Waals surface area contributed by atoms with Gasteiger partial charge in [-0.1, -0.05) is 0 Å². The Kier molecular flexibility index (Phi) is 6.01. The van der Waals surface area contributed by atoms with E-state index in [2.05, 4.69) is 0 Å². The molecule has 4 bridgehead atoms. The summed E-state index contributed by atoms with van der Waals surface area (Å²) in [5.41, 5.74) is -0.842. The molecular weight excluding hydrogens is 505 g/mol. The lowest BCUT2D eigenvalue weighted by Gasteiger charge is -2.59. The van der Waals surface area contributed by atoms with Gasteiger partial charge in [0, 0.05) is 6.04 Å². The third-order valence-corrected chi connectivity index (χ3v) is 7.57. The molecule has 4 saturated carbocycles. The lowest BCUT2D eigenvalue weighted by Crippen LogP contribution is -2.72. The van der Waals surface area contributed by atoms with Crippen LogP contribution in [-0.4, -0.2) is 47.7 Å². The minimum absolute atomic E-state index is 0.167. The van der Waals surface area contributed by atoms with E-state index in [-0.39, 0.29) is 17.8 Å². The molecule has 0 aromatic rings. The topological polar surface area (TPSA) is 29.1 Å². The molecule has 1 amide bonds. The Hall–Kier alpha value is -1.44. The Labute approximate surface area is 184 Å². The summed E-state index contributed by atoms with van der Waals surface area (Å²) in [7, 11) is 0. The summed E-state index contributed by atoms with van der Waals surface area (Å²) in [6, 6.07) is -1.30. The lowest BCUT2D eigenvalue weighted by molar-refractivity contribution is -0.436. The number of alkyl halides is 13. The van der Waals surface area contributed by atoms with Gasteiger partial charge in [0.2, 0.25) is 0 Å². The van der Waals surface area contributed by atoms with Crippen molar-refractivity contribution in [1.82, 2.24) is 5.32 Å². The van der Waals surface area contributed by atoms with Crippen LogP contribution < -0.4 is 5.32 Å². The molecule has 1 N–H and O–H groups in total. The molecule has 4 aliphatic carbocycles. The standard InChI is InChI=1S/C19H20F13NO/c1-8(13-5-9-2-10(6-13)4-11(3-9)7-13)33-12(34)14(20,21)15(22,23)16(24,25)17(26,27)18(28,29)19(30,31)32/h8-11H,2-7H2,1H3,(H,33,34). The van der Waals surface area contributed by atoms with Crippen LogP contribution in [0.25, 0.3) is 0 Å². The fourth-order valence-corrected chi connectivity index (χ4v) is 6.06. The second-order valence-corrected chi connectivity index (χ2v) is 9.84. The van der Waals surface area contributed by atoms with Crippen molar-refractivity contribution in [1.29, 1.82) is 0 Å². The first-order chi connectivity index (χ1) is 15.0. The average molecular weight is 525 g/mol. The second-order valence-electron chi connectivity index (χ2n) is 9.84. The molecule has 0 saturated heterocycles. The summed E-state index contributed by atoms with van der Waals surface area (Å²) in [6.07, 6.45) is -3.74. The molecule has 1 unspecified atom stereocenters. The maximum atomic E-state index is 14.1. The first-order valence-electron chi connectivity index (χ1n) is 10.3. The van der Waals surface area contributed by atoms with Crippen LogP contribution in [-0.2, 0) is 4.79 Å². The van der Waals surface area contributed by atoms with Crippen molar-refractivity contribution >= 4 is 5.91 Å². The molecule has 198 valence electrons. The highest BCUT2D eigenvalue weighted by Crippen LogP contribution is 2.62. The van der Waals surface area contributed by atoms with Gasteiger partial charge >= 0.3 is 35.8 Å². The summed E-state index contributed by atoms with van der Waals surface area (Å²) in [6.45, 7) is 1.14. The molecule has 0 radical (unpaired) electrons. The van der Waals surface area contributed by atoms with Crippen molar-refractivity contribution in [2.75, 3.05) is 0 Å². The molecule has 0 heterocycles. The molecule has 0 aliphatic heterocycles. The summed E-state index contributed by atoms with van der Waals surface area (Å²) in [4.78, 5) is 11.9. The summed E-state index contributed by atoms with van der Waals surface area (Å²) in [5, 5.41) is 1.42. The minimum Gasteiger partial charge on any atom is -0.348 e. The molecule has 0 aromatic heterocycles. The first kappa shape index (κ1) is 27.2. The van der Waals surface area contributed by atoms with E-state index in [1.165, 1.54) is 5.32 Å². The third kappa shape index (κ3) is 3.56. The highest BCUT2D eigenvalue weighted by Gasteiger charge is 2.91. The molecule has 34 heavy (non-hydrogen) atoms. The molecule has 15 heteroatoms. The normalized spacial score (nSPS) is 31.5. The highest BCUT2D eigenvalue weighted by molar-refractivity contribution is 5.85. The van der Waals surface area contributed by atoms with Crippen molar-refractivity contribution in [2.45, 2.75) is 87.3 Å². The molecule has 2 nitrogen and oxygen atoms in total. The Bertz CT molecular complexity index is 784. The van der Waals surface area contributed by atoms with E-state index in [0.717, 1.165) is 26.2 Å². The van der Waals surface area contributed by atoms with Crippen LogP contribution in [0, 0.1) is 23.2 Å². The summed E-state index contributed by atoms with van der Waals surface area (Å²) >= 11 is 0. The Morgan fingerprint density at radius 2 is 1.03 bits per heavy atom. The number of rotatable bonds is 7. The van der Waals surface area contributed by atoms with Crippen LogP contribution in [0.4, 0.5) is 57.1 Å². The van der Waals surface area contributed by atoms with Crippen molar-refractivity contribution in [2.24, 2.45) is 23.2 Å². The molecule has 4 aliphatic rings. The number of carbonyl (C=O) groups excluding carboxylic acids is 1. The zero-order valence-corrected chi connectivity index (χ0v) is 17.4. The maximum absolute atomic E-state index is 14.1. The van der Waals surface area contributed by atoms with E-state index in [1.54, 1.807) is 0 Å². The van der Waals surface area contributed by atoms with Gasteiger partial charge in [-0.25, -0.2) is 0 Å². The zero-order chi connectivity index (χ0) is 26.3. The predicted octanol–water partition coefficient (Wildman–Crippen LogP) is 6.45. The number of carbonyl (C=O) groups is 1. The van der Waals surface area contributed by atoms with E-state index in [4.69, 9.17) is 0 Å². The van der Waals surface area contributed by atoms with Gasteiger partial charge in [-0.2, -0.15) is 57.1 Å². The lowest BCUT2D eigenvalue weighted by atomic mass is 9.48. The highest BCUT2D eigenvalue weighted by atomic mass is 19.4. The zero-order valence-electron chi connectivity index (χ0n) is 17.4. The van der Waals surface area contributed by atoms with Gasteiger partial charge in [-0.15, -0.1) is 0 Å². The van der Waals surface area contributed by atoms with E-state index < -0.39 is 53.2 Å². The molecule has 4 rings (SSSR count). The van der Waals surface area contributed by atoms with Crippen LogP contribution in [0.3, 0.4) is 0 Å². The maximum Gasteiger partial charge on any atom is 0.460 e. The number of amides is 1. The minimum atomic E-state index is -8.02. The van der Waals surface area contributed by atoms with Crippen LogP contribution in [0.2, 0.25) is 0 Å². The smallest absolute Gasteiger partial charge is 0.348 e. The van der Waals surface area contributed by atoms with Gasteiger partial charge in [-0.3, -0.25) is 4.79 Å². The van der Waals surface area contributed by atoms with Crippen LogP contribution >= 0.6 is 0 Å². The van der Waals surface area contributed by atoms with Crippen molar-refractivity contribution < 1.29 is 61.9 Å². The largest absolute Gasteiger partial charge is 0.460 e.